The number of nitrogens with zero attached hydrogens (tertiary/aromatic N) is 3. The summed E-state index contributed by atoms with van der Waals surface area (Å²) in [6.45, 7) is 0.412. The molecule has 0 aliphatic rings. The molecule has 4 rings (SSSR count). The van der Waals surface area contributed by atoms with Crippen LogP contribution >= 0.6 is 22.9 Å². The maximum Gasteiger partial charge on any atom is 0.163 e. The van der Waals surface area contributed by atoms with E-state index >= 15 is 0 Å². The van der Waals surface area contributed by atoms with Gasteiger partial charge in [0.1, 0.15) is 0 Å². The van der Waals surface area contributed by atoms with Gasteiger partial charge in [-0.1, -0.05) is 29.8 Å². The number of fused-ring (bicyclic) bond motifs is 1. The first-order valence-electron chi connectivity index (χ1n) is 7.43. The second-order valence-electron chi connectivity index (χ2n) is 5.31. The van der Waals surface area contributed by atoms with E-state index in [9.17, 15) is 0 Å². The van der Waals surface area contributed by atoms with E-state index in [1.165, 1.54) is 0 Å². The van der Waals surface area contributed by atoms with Crippen molar-refractivity contribution in [3.63, 3.8) is 0 Å². The summed E-state index contributed by atoms with van der Waals surface area (Å²) in [6.07, 6.45) is 1.82. The van der Waals surface area contributed by atoms with Gasteiger partial charge in [-0.15, -0.1) is 11.3 Å². The number of aromatic nitrogens is 3. The maximum absolute atomic E-state index is 6.18. The van der Waals surface area contributed by atoms with Gasteiger partial charge in [-0.3, -0.25) is 0 Å². The molecule has 0 aliphatic heterocycles. The predicted molar refractivity (Wildman–Crippen MR) is 97.5 cm³/mol. The lowest BCUT2D eigenvalue weighted by Gasteiger charge is -2.04. The van der Waals surface area contributed by atoms with Crippen LogP contribution in [0.5, 0.6) is 0 Å². The molecule has 24 heavy (non-hydrogen) atoms. The number of ether oxygens (including phenoxy) is 1. The standard InChI is InChI=1S/C18H14ClN3OS/c1-23-11-14-17(12-4-2-5-13(19)10-12)18-20-8-7-15(22(18)21-14)16-6-3-9-24-16/h2-10H,11H2,1H3. The van der Waals surface area contributed by atoms with Gasteiger partial charge in [-0.2, -0.15) is 5.10 Å². The highest BCUT2D eigenvalue weighted by Gasteiger charge is 2.18. The number of thiophene rings is 1. The number of rotatable bonds is 4. The van der Waals surface area contributed by atoms with Crippen molar-refractivity contribution < 1.29 is 4.74 Å². The van der Waals surface area contributed by atoms with Gasteiger partial charge >= 0.3 is 0 Å². The second kappa shape index (κ2) is 6.36. The zero-order chi connectivity index (χ0) is 16.5. The molecule has 0 spiro atoms. The van der Waals surface area contributed by atoms with E-state index < -0.39 is 0 Å². The van der Waals surface area contributed by atoms with Crippen molar-refractivity contribution in [3.8, 4) is 21.7 Å². The summed E-state index contributed by atoms with van der Waals surface area (Å²) in [6, 6.07) is 13.8. The molecule has 6 heteroatoms. The number of halogens is 1. The Hall–Kier alpha value is -2.21. The zero-order valence-electron chi connectivity index (χ0n) is 12.9. The van der Waals surface area contributed by atoms with E-state index in [4.69, 9.17) is 21.4 Å². The van der Waals surface area contributed by atoms with E-state index in [-0.39, 0.29) is 0 Å². The summed E-state index contributed by atoms with van der Waals surface area (Å²) in [5.74, 6) is 0. The van der Waals surface area contributed by atoms with Crippen LogP contribution in [-0.4, -0.2) is 21.7 Å². The van der Waals surface area contributed by atoms with Crippen molar-refractivity contribution in [2.24, 2.45) is 0 Å². The third-order valence-corrected chi connectivity index (χ3v) is 4.89. The molecule has 0 N–H and O–H groups in total. The topological polar surface area (TPSA) is 39.4 Å². The molecule has 0 unspecified atom stereocenters. The lowest BCUT2D eigenvalue weighted by atomic mass is 10.1. The average Bonchev–Trinajstić information content (AvgIpc) is 3.22. The summed E-state index contributed by atoms with van der Waals surface area (Å²) in [5, 5.41) is 7.50. The van der Waals surface area contributed by atoms with Crippen molar-refractivity contribution >= 4 is 28.6 Å². The third-order valence-electron chi connectivity index (χ3n) is 3.76. The summed E-state index contributed by atoms with van der Waals surface area (Å²) >= 11 is 7.85. The number of hydrogen-bond donors (Lipinski definition) is 0. The van der Waals surface area contributed by atoms with Gasteiger partial charge in [-0.25, -0.2) is 9.50 Å². The lowest BCUT2D eigenvalue weighted by molar-refractivity contribution is 0.181. The molecule has 120 valence electrons. The van der Waals surface area contributed by atoms with Crippen LogP contribution in [0.3, 0.4) is 0 Å². The third kappa shape index (κ3) is 2.60. The smallest absolute Gasteiger partial charge is 0.163 e. The first kappa shape index (κ1) is 15.3. The highest BCUT2D eigenvalue weighted by molar-refractivity contribution is 7.13. The molecule has 0 bridgehead atoms. The SMILES string of the molecule is COCc1nn2c(-c3cccs3)ccnc2c1-c1cccc(Cl)c1. The summed E-state index contributed by atoms with van der Waals surface area (Å²) in [4.78, 5) is 5.71. The fourth-order valence-electron chi connectivity index (χ4n) is 2.78. The molecule has 0 radical (unpaired) electrons. The molecule has 0 aliphatic carbocycles. The molecule has 0 saturated heterocycles. The van der Waals surface area contributed by atoms with Crippen LogP contribution in [0.2, 0.25) is 5.02 Å². The van der Waals surface area contributed by atoms with Gasteiger partial charge in [0, 0.05) is 18.3 Å². The molecule has 3 heterocycles. The van der Waals surface area contributed by atoms with Crippen molar-refractivity contribution in [3.05, 3.63) is 64.8 Å². The molecule has 4 nitrogen and oxygen atoms in total. The van der Waals surface area contributed by atoms with Gasteiger partial charge in [0.25, 0.3) is 0 Å². The van der Waals surface area contributed by atoms with Crippen LogP contribution in [0.15, 0.2) is 54.0 Å². The van der Waals surface area contributed by atoms with E-state index in [0.717, 1.165) is 33.0 Å². The molecule has 3 aromatic heterocycles. The number of methoxy groups -OCH3 is 1. The van der Waals surface area contributed by atoms with Crippen LogP contribution < -0.4 is 0 Å². The van der Waals surface area contributed by atoms with Crippen LogP contribution in [0.25, 0.3) is 27.3 Å². The Labute approximate surface area is 148 Å². The number of hydrogen-bond acceptors (Lipinski definition) is 4. The van der Waals surface area contributed by atoms with Crippen LogP contribution in [0, 0.1) is 0 Å². The van der Waals surface area contributed by atoms with Crippen LogP contribution in [0.4, 0.5) is 0 Å². The second-order valence-corrected chi connectivity index (χ2v) is 6.69. The highest BCUT2D eigenvalue weighted by Crippen LogP contribution is 2.33. The Bertz CT molecular complexity index is 995. The van der Waals surface area contributed by atoms with Gasteiger partial charge in [0.05, 0.1) is 28.4 Å². The Morgan fingerprint density at radius 3 is 2.88 bits per heavy atom. The predicted octanol–water partition coefficient (Wildman–Crippen LogP) is 4.92. The Balaban J connectivity index is 2.01. The Morgan fingerprint density at radius 2 is 2.12 bits per heavy atom. The summed E-state index contributed by atoms with van der Waals surface area (Å²) < 4.78 is 7.23. The Kier molecular flexibility index (Phi) is 4.06. The average molecular weight is 356 g/mol. The minimum atomic E-state index is 0.412. The first-order valence-corrected chi connectivity index (χ1v) is 8.69. The molecule has 0 atom stereocenters. The monoisotopic (exact) mass is 355 g/mol. The van der Waals surface area contributed by atoms with E-state index in [1.54, 1.807) is 18.4 Å². The molecule has 0 fully saturated rings. The maximum atomic E-state index is 6.18. The lowest BCUT2D eigenvalue weighted by Crippen LogP contribution is -1.95. The van der Waals surface area contributed by atoms with Crippen LogP contribution in [-0.2, 0) is 11.3 Å². The van der Waals surface area contributed by atoms with Gasteiger partial charge in [-0.05, 0) is 35.2 Å². The molecular formula is C18H14ClN3OS. The van der Waals surface area contributed by atoms with Crippen LogP contribution in [0.1, 0.15) is 5.69 Å². The van der Waals surface area contributed by atoms with Crippen molar-refractivity contribution in [1.29, 1.82) is 0 Å². The normalized spacial score (nSPS) is 11.2. The molecule has 4 aromatic rings. The summed E-state index contributed by atoms with van der Waals surface area (Å²) in [7, 11) is 1.67. The Morgan fingerprint density at radius 1 is 1.21 bits per heavy atom. The van der Waals surface area contributed by atoms with Gasteiger partial charge in [0.2, 0.25) is 0 Å². The highest BCUT2D eigenvalue weighted by atomic mass is 35.5. The fraction of sp³-hybridized carbons (Fsp3) is 0.111. The first-order chi connectivity index (χ1) is 11.8. The van der Waals surface area contributed by atoms with Crippen molar-refractivity contribution in [1.82, 2.24) is 14.6 Å². The van der Waals surface area contributed by atoms with Gasteiger partial charge < -0.3 is 4.74 Å². The largest absolute Gasteiger partial charge is 0.378 e. The molecule has 1 aromatic carbocycles. The molecule has 0 saturated carbocycles. The molecular weight excluding hydrogens is 342 g/mol. The molecule has 0 amide bonds. The fourth-order valence-corrected chi connectivity index (χ4v) is 3.70. The van der Waals surface area contributed by atoms with E-state index in [2.05, 4.69) is 16.4 Å². The minimum absolute atomic E-state index is 0.412. The minimum Gasteiger partial charge on any atom is -0.378 e. The van der Waals surface area contributed by atoms with E-state index in [1.807, 2.05) is 47.1 Å². The van der Waals surface area contributed by atoms with Crippen molar-refractivity contribution in [2.75, 3.05) is 7.11 Å². The van der Waals surface area contributed by atoms with Crippen molar-refractivity contribution in [2.45, 2.75) is 6.61 Å². The van der Waals surface area contributed by atoms with E-state index in [0.29, 0.717) is 11.6 Å². The zero-order valence-corrected chi connectivity index (χ0v) is 14.5. The summed E-state index contributed by atoms with van der Waals surface area (Å²) in [5.41, 5.74) is 4.60. The quantitative estimate of drug-likeness (QED) is 0.521. The van der Waals surface area contributed by atoms with Gasteiger partial charge in [0.15, 0.2) is 5.65 Å². The number of benzene rings is 1.